The molecule has 0 radical (unpaired) electrons. The summed E-state index contributed by atoms with van der Waals surface area (Å²) in [5.74, 6) is -0.0863. The fourth-order valence-electron chi connectivity index (χ4n) is 1.63. The molecule has 1 heterocycles. The van der Waals surface area contributed by atoms with Crippen LogP contribution in [0.3, 0.4) is 0 Å². The number of nitrogens with zero attached hydrogens (tertiary/aromatic N) is 2. The second kappa shape index (κ2) is 6.65. The highest BCUT2D eigenvalue weighted by atomic mass is 32.2. The van der Waals surface area contributed by atoms with E-state index in [9.17, 15) is 13.2 Å². The van der Waals surface area contributed by atoms with Gasteiger partial charge in [-0.2, -0.15) is 0 Å². The molecule has 112 valence electrons. The van der Waals surface area contributed by atoms with Gasteiger partial charge in [-0.1, -0.05) is 6.92 Å². The van der Waals surface area contributed by atoms with E-state index in [1.165, 1.54) is 0 Å². The van der Waals surface area contributed by atoms with Crippen molar-refractivity contribution in [1.29, 1.82) is 0 Å². The molecule has 0 saturated heterocycles. The third-order valence-corrected chi connectivity index (χ3v) is 4.52. The number of nitrogens with one attached hydrogen (secondary N) is 2. The molecular weight excluding hydrogens is 280 g/mol. The molecule has 0 aliphatic heterocycles. The minimum absolute atomic E-state index is 0.0593. The van der Waals surface area contributed by atoms with Crippen LogP contribution >= 0.6 is 0 Å². The SMILES string of the molecule is CCS(=O)(=O)C[C@H](C)NC(=O)c1cc(C)nc(NC)n1. The van der Waals surface area contributed by atoms with Crippen LogP contribution in [-0.4, -0.2) is 48.9 Å². The van der Waals surface area contributed by atoms with Crippen molar-refractivity contribution in [1.82, 2.24) is 15.3 Å². The van der Waals surface area contributed by atoms with Crippen LogP contribution in [0.1, 0.15) is 30.0 Å². The molecule has 1 atom stereocenters. The Kier molecular flexibility index (Phi) is 5.43. The number of carbonyl (C=O) groups is 1. The van der Waals surface area contributed by atoms with Crippen molar-refractivity contribution in [3.8, 4) is 0 Å². The van der Waals surface area contributed by atoms with Gasteiger partial charge in [0.25, 0.3) is 5.91 Å². The van der Waals surface area contributed by atoms with E-state index in [1.807, 2.05) is 0 Å². The minimum Gasteiger partial charge on any atom is -0.357 e. The molecule has 1 aromatic heterocycles. The van der Waals surface area contributed by atoms with Crippen molar-refractivity contribution in [2.75, 3.05) is 23.9 Å². The molecule has 0 unspecified atom stereocenters. The number of amides is 1. The summed E-state index contributed by atoms with van der Waals surface area (Å²) in [5, 5.41) is 5.39. The number of carbonyl (C=O) groups excluding carboxylic acids is 1. The zero-order valence-corrected chi connectivity index (χ0v) is 12.9. The maximum Gasteiger partial charge on any atom is 0.270 e. The van der Waals surface area contributed by atoms with Gasteiger partial charge >= 0.3 is 0 Å². The Hall–Kier alpha value is -1.70. The molecule has 0 bridgehead atoms. The zero-order valence-electron chi connectivity index (χ0n) is 12.1. The van der Waals surface area contributed by atoms with Gasteiger partial charge in [-0.25, -0.2) is 18.4 Å². The minimum atomic E-state index is -3.13. The summed E-state index contributed by atoms with van der Waals surface area (Å²) in [6.07, 6.45) is 0. The number of aromatic nitrogens is 2. The lowest BCUT2D eigenvalue weighted by Crippen LogP contribution is -2.38. The largest absolute Gasteiger partial charge is 0.357 e. The van der Waals surface area contributed by atoms with E-state index in [4.69, 9.17) is 0 Å². The van der Waals surface area contributed by atoms with Crippen LogP contribution in [0.15, 0.2) is 6.07 Å². The van der Waals surface area contributed by atoms with Crippen LogP contribution in [0.25, 0.3) is 0 Å². The van der Waals surface area contributed by atoms with E-state index in [0.717, 1.165) is 0 Å². The van der Waals surface area contributed by atoms with Gasteiger partial charge < -0.3 is 10.6 Å². The lowest BCUT2D eigenvalue weighted by Gasteiger charge is -2.13. The van der Waals surface area contributed by atoms with Crippen LogP contribution in [0, 0.1) is 6.92 Å². The molecule has 1 aromatic rings. The van der Waals surface area contributed by atoms with E-state index in [2.05, 4.69) is 20.6 Å². The first-order valence-electron chi connectivity index (χ1n) is 6.32. The summed E-state index contributed by atoms with van der Waals surface area (Å²) in [6, 6.07) is 1.08. The second-order valence-corrected chi connectivity index (χ2v) is 6.94. The predicted octanol–water partition coefficient (Wildman–Crippen LogP) is 0.380. The number of sulfone groups is 1. The number of aryl methyl sites for hydroxylation is 1. The quantitative estimate of drug-likeness (QED) is 0.787. The Morgan fingerprint density at radius 3 is 2.60 bits per heavy atom. The molecule has 0 aliphatic rings. The van der Waals surface area contributed by atoms with Gasteiger partial charge in [0.1, 0.15) is 5.69 Å². The van der Waals surface area contributed by atoms with Gasteiger partial charge in [0.05, 0.1) is 5.75 Å². The van der Waals surface area contributed by atoms with Crippen LogP contribution in [0.4, 0.5) is 5.95 Å². The van der Waals surface area contributed by atoms with Crippen molar-refractivity contribution >= 4 is 21.7 Å². The van der Waals surface area contributed by atoms with Gasteiger partial charge in [-0.05, 0) is 19.9 Å². The van der Waals surface area contributed by atoms with E-state index >= 15 is 0 Å². The molecule has 20 heavy (non-hydrogen) atoms. The summed E-state index contributed by atoms with van der Waals surface area (Å²) < 4.78 is 23.0. The summed E-state index contributed by atoms with van der Waals surface area (Å²) in [7, 11) is -1.47. The normalized spacial score (nSPS) is 12.8. The highest BCUT2D eigenvalue weighted by molar-refractivity contribution is 7.91. The molecule has 1 rings (SSSR count). The summed E-state index contributed by atoms with van der Waals surface area (Å²) in [5.41, 5.74) is 0.867. The maximum absolute atomic E-state index is 12.0. The van der Waals surface area contributed by atoms with Crippen molar-refractivity contribution in [2.24, 2.45) is 0 Å². The monoisotopic (exact) mass is 300 g/mol. The van der Waals surface area contributed by atoms with Gasteiger partial charge in [0, 0.05) is 24.5 Å². The number of rotatable bonds is 6. The molecule has 0 aliphatic carbocycles. The van der Waals surface area contributed by atoms with E-state index in [0.29, 0.717) is 11.6 Å². The second-order valence-electron chi connectivity index (χ2n) is 4.54. The van der Waals surface area contributed by atoms with Crippen LogP contribution in [-0.2, 0) is 9.84 Å². The Balaban J connectivity index is 2.79. The van der Waals surface area contributed by atoms with Crippen molar-refractivity contribution in [2.45, 2.75) is 26.8 Å². The smallest absolute Gasteiger partial charge is 0.270 e. The first kappa shape index (κ1) is 16.4. The summed E-state index contributed by atoms with van der Waals surface area (Å²) >= 11 is 0. The lowest BCUT2D eigenvalue weighted by atomic mass is 10.3. The topological polar surface area (TPSA) is 101 Å². The zero-order chi connectivity index (χ0) is 15.3. The predicted molar refractivity (Wildman–Crippen MR) is 77.6 cm³/mol. The molecule has 2 N–H and O–H groups in total. The number of hydrogen-bond donors (Lipinski definition) is 2. The average Bonchev–Trinajstić information content (AvgIpc) is 2.37. The lowest BCUT2D eigenvalue weighted by molar-refractivity contribution is 0.0938. The molecule has 7 nitrogen and oxygen atoms in total. The Labute approximate surface area is 119 Å². The Morgan fingerprint density at radius 1 is 1.40 bits per heavy atom. The van der Waals surface area contributed by atoms with Crippen molar-refractivity contribution in [3.63, 3.8) is 0 Å². The van der Waals surface area contributed by atoms with Crippen LogP contribution < -0.4 is 10.6 Å². The fraction of sp³-hybridized carbons (Fsp3) is 0.583. The molecule has 0 fully saturated rings. The third kappa shape index (κ3) is 4.76. The van der Waals surface area contributed by atoms with Crippen LogP contribution in [0.5, 0.6) is 0 Å². The van der Waals surface area contributed by atoms with E-state index in [1.54, 1.807) is 33.9 Å². The van der Waals surface area contributed by atoms with Gasteiger partial charge in [-0.15, -0.1) is 0 Å². The van der Waals surface area contributed by atoms with E-state index in [-0.39, 0.29) is 17.2 Å². The molecule has 0 aromatic carbocycles. The summed E-state index contributed by atoms with van der Waals surface area (Å²) in [6.45, 7) is 4.99. The average molecular weight is 300 g/mol. The third-order valence-electron chi connectivity index (χ3n) is 2.63. The molecule has 8 heteroatoms. The molecule has 0 saturated carbocycles. The van der Waals surface area contributed by atoms with Gasteiger partial charge in [-0.3, -0.25) is 4.79 Å². The molecule has 1 amide bonds. The van der Waals surface area contributed by atoms with Gasteiger partial charge in [0.15, 0.2) is 9.84 Å². The van der Waals surface area contributed by atoms with Crippen molar-refractivity contribution in [3.05, 3.63) is 17.5 Å². The van der Waals surface area contributed by atoms with E-state index < -0.39 is 21.8 Å². The standard InChI is InChI=1S/C12H20N4O3S/c1-5-20(18,19)7-9(3)14-11(17)10-6-8(2)15-12(13-4)16-10/h6,9H,5,7H2,1-4H3,(H,14,17)(H,13,15,16)/t9-/m0/s1. The fourth-order valence-corrected chi connectivity index (χ4v) is 2.72. The molecular formula is C12H20N4O3S. The Bertz CT molecular complexity index is 586. The van der Waals surface area contributed by atoms with Crippen molar-refractivity contribution < 1.29 is 13.2 Å². The number of hydrogen-bond acceptors (Lipinski definition) is 6. The summed E-state index contributed by atoms with van der Waals surface area (Å²) in [4.78, 5) is 20.2. The number of anilines is 1. The maximum atomic E-state index is 12.0. The first-order valence-corrected chi connectivity index (χ1v) is 8.14. The van der Waals surface area contributed by atoms with Gasteiger partial charge in [0.2, 0.25) is 5.95 Å². The first-order chi connectivity index (χ1) is 9.27. The highest BCUT2D eigenvalue weighted by Gasteiger charge is 2.17. The van der Waals surface area contributed by atoms with Crippen LogP contribution in [0.2, 0.25) is 0 Å². The Morgan fingerprint density at radius 2 is 2.05 bits per heavy atom. The molecule has 0 spiro atoms. The highest BCUT2D eigenvalue weighted by Crippen LogP contribution is 2.05.